The molecule has 0 aliphatic heterocycles. The SMILES string of the molecule is CN=C(NCCCC(C)(C)C)NCc1ccsc1.I. The quantitative estimate of drug-likeness (QED) is 0.344. The molecule has 0 amide bonds. The molecule has 5 heteroatoms. The summed E-state index contributed by atoms with van der Waals surface area (Å²) < 4.78 is 0. The molecule has 0 aromatic carbocycles. The molecule has 0 bridgehead atoms. The maximum atomic E-state index is 4.22. The lowest BCUT2D eigenvalue weighted by Crippen LogP contribution is -2.37. The Balaban J connectivity index is 0.00000324. The molecule has 0 saturated carbocycles. The van der Waals surface area contributed by atoms with E-state index in [9.17, 15) is 0 Å². The number of nitrogens with one attached hydrogen (secondary N) is 2. The predicted octanol–water partition coefficient (Wildman–Crippen LogP) is 3.86. The first kappa shape index (κ1) is 18.7. The Morgan fingerprint density at radius 1 is 1.32 bits per heavy atom. The normalized spacial score (nSPS) is 11.9. The fraction of sp³-hybridized carbons (Fsp3) is 0.643. The van der Waals surface area contributed by atoms with Gasteiger partial charge in [-0.1, -0.05) is 20.8 Å². The second-order valence-corrected chi connectivity index (χ2v) is 6.43. The van der Waals surface area contributed by atoms with Crippen molar-refractivity contribution in [3.05, 3.63) is 22.4 Å². The van der Waals surface area contributed by atoms with Crippen molar-refractivity contribution in [1.82, 2.24) is 10.6 Å². The molecule has 0 aliphatic carbocycles. The van der Waals surface area contributed by atoms with Crippen molar-refractivity contribution in [3.8, 4) is 0 Å². The van der Waals surface area contributed by atoms with Gasteiger partial charge in [0.05, 0.1) is 0 Å². The Morgan fingerprint density at radius 3 is 2.58 bits per heavy atom. The molecule has 0 spiro atoms. The number of aliphatic imine (C=N–C) groups is 1. The highest BCUT2D eigenvalue weighted by molar-refractivity contribution is 14.0. The number of thiophene rings is 1. The Hall–Kier alpha value is -0.300. The summed E-state index contributed by atoms with van der Waals surface area (Å²) in [4.78, 5) is 4.22. The van der Waals surface area contributed by atoms with Gasteiger partial charge < -0.3 is 10.6 Å². The van der Waals surface area contributed by atoms with Crippen LogP contribution in [-0.4, -0.2) is 19.6 Å². The maximum Gasteiger partial charge on any atom is 0.191 e. The van der Waals surface area contributed by atoms with Crippen LogP contribution in [0.4, 0.5) is 0 Å². The van der Waals surface area contributed by atoms with Gasteiger partial charge in [0.2, 0.25) is 0 Å². The first-order valence-corrected chi connectivity index (χ1v) is 7.41. The third-order valence-corrected chi connectivity index (χ3v) is 3.39. The van der Waals surface area contributed by atoms with Crippen molar-refractivity contribution < 1.29 is 0 Å². The molecule has 0 fully saturated rings. The zero-order chi connectivity index (χ0) is 13.4. The Bertz CT molecular complexity index is 355. The molecule has 110 valence electrons. The Kier molecular flexibility index (Phi) is 9.43. The maximum absolute atomic E-state index is 4.22. The fourth-order valence-electron chi connectivity index (χ4n) is 1.63. The zero-order valence-corrected chi connectivity index (χ0v) is 15.5. The van der Waals surface area contributed by atoms with Gasteiger partial charge in [-0.05, 0) is 40.6 Å². The monoisotopic (exact) mass is 395 g/mol. The second-order valence-electron chi connectivity index (χ2n) is 5.65. The molecule has 1 aromatic rings. The lowest BCUT2D eigenvalue weighted by molar-refractivity contribution is 0.365. The molecule has 19 heavy (non-hydrogen) atoms. The van der Waals surface area contributed by atoms with Crippen LogP contribution in [-0.2, 0) is 6.54 Å². The third-order valence-electron chi connectivity index (χ3n) is 2.66. The molecule has 1 aromatic heterocycles. The lowest BCUT2D eigenvalue weighted by atomic mass is 9.91. The van der Waals surface area contributed by atoms with E-state index >= 15 is 0 Å². The molecular formula is C14H26IN3S. The van der Waals surface area contributed by atoms with Gasteiger partial charge in [0.25, 0.3) is 0 Å². The van der Waals surface area contributed by atoms with E-state index < -0.39 is 0 Å². The fourth-order valence-corrected chi connectivity index (χ4v) is 2.29. The molecule has 0 saturated heterocycles. The van der Waals surface area contributed by atoms with Gasteiger partial charge in [0, 0.05) is 20.1 Å². The van der Waals surface area contributed by atoms with Crippen LogP contribution in [0.15, 0.2) is 21.8 Å². The minimum atomic E-state index is 0. The van der Waals surface area contributed by atoms with E-state index in [2.05, 4.69) is 53.2 Å². The average molecular weight is 395 g/mol. The van der Waals surface area contributed by atoms with Crippen LogP contribution < -0.4 is 10.6 Å². The Morgan fingerprint density at radius 2 is 2.05 bits per heavy atom. The van der Waals surface area contributed by atoms with Crippen LogP contribution in [0.5, 0.6) is 0 Å². The van der Waals surface area contributed by atoms with Gasteiger partial charge in [-0.2, -0.15) is 11.3 Å². The topological polar surface area (TPSA) is 36.4 Å². The number of guanidine groups is 1. The van der Waals surface area contributed by atoms with E-state index in [1.54, 1.807) is 11.3 Å². The van der Waals surface area contributed by atoms with E-state index in [1.807, 2.05) is 7.05 Å². The third kappa shape index (κ3) is 9.27. The largest absolute Gasteiger partial charge is 0.356 e. The standard InChI is InChI=1S/C14H25N3S.HI/c1-14(2,3)7-5-8-16-13(15-4)17-10-12-6-9-18-11-12;/h6,9,11H,5,7-8,10H2,1-4H3,(H2,15,16,17);1H. The van der Waals surface area contributed by atoms with Crippen LogP contribution in [0.2, 0.25) is 0 Å². The summed E-state index contributed by atoms with van der Waals surface area (Å²) in [6, 6.07) is 2.13. The van der Waals surface area contributed by atoms with E-state index in [-0.39, 0.29) is 24.0 Å². The van der Waals surface area contributed by atoms with Crippen molar-refractivity contribution in [1.29, 1.82) is 0 Å². The van der Waals surface area contributed by atoms with Crippen molar-refractivity contribution in [2.45, 2.75) is 40.2 Å². The van der Waals surface area contributed by atoms with E-state index in [1.165, 1.54) is 18.4 Å². The summed E-state index contributed by atoms with van der Waals surface area (Å²) >= 11 is 1.72. The minimum absolute atomic E-state index is 0. The summed E-state index contributed by atoms with van der Waals surface area (Å²) in [7, 11) is 1.81. The van der Waals surface area contributed by atoms with Crippen LogP contribution in [0, 0.1) is 5.41 Å². The van der Waals surface area contributed by atoms with Crippen LogP contribution in [0.1, 0.15) is 39.2 Å². The van der Waals surface area contributed by atoms with Crippen LogP contribution >= 0.6 is 35.3 Å². The highest BCUT2D eigenvalue weighted by Gasteiger charge is 2.09. The molecule has 0 radical (unpaired) electrons. The molecule has 0 unspecified atom stereocenters. The smallest absolute Gasteiger partial charge is 0.191 e. The molecule has 3 nitrogen and oxygen atoms in total. The van der Waals surface area contributed by atoms with Gasteiger partial charge in [-0.15, -0.1) is 24.0 Å². The van der Waals surface area contributed by atoms with Crippen molar-refractivity contribution >= 4 is 41.3 Å². The predicted molar refractivity (Wildman–Crippen MR) is 96.6 cm³/mol. The highest BCUT2D eigenvalue weighted by atomic mass is 127. The highest BCUT2D eigenvalue weighted by Crippen LogP contribution is 2.19. The summed E-state index contributed by atoms with van der Waals surface area (Å²) in [5, 5.41) is 10.9. The first-order valence-electron chi connectivity index (χ1n) is 6.47. The summed E-state index contributed by atoms with van der Waals surface area (Å²) in [5.41, 5.74) is 1.72. The lowest BCUT2D eigenvalue weighted by Gasteiger charge is -2.18. The number of nitrogens with zero attached hydrogens (tertiary/aromatic N) is 1. The Labute approximate surface area is 138 Å². The van der Waals surface area contributed by atoms with Crippen molar-refractivity contribution in [2.24, 2.45) is 10.4 Å². The molecule has 1 rings (SSSR count). The second kappa shape index (κ2) is 9.58. The molecule has 0 aliphatic rings. The summed E-state index contributed by atoms with van der Waals surface area (Å²) in [5.74, 6) is 0.884. The van der Waals surface area contributed by atoms with Crippen molar-refractivity contribution in [3.63, 3.8) is 0 Å². The zero-order valence-electron chi connectivity index (χ0n) is 12.3. The summed E-state index contributed by atoms with van der Waals surface area (Å²) in [6.45, 7) is 8.63. The van der Waals surface area contributed by atoms with Gasteiger partial charge in [0.1, 0.15) is 0 Å². The van der Waals surface area contributed by atoms with Gasteiger partial charge in [-0.25, -0.2) is 0 Å². The number of rotatable bonds is 5. The molecule has 0 atom stereocenters. The molecular weight excluding hydrogens is 369 g/mol. The van der Waals surface area contributed by atoms with Crippen LogP contribution in [0.3, 0.4) is 0 Å². The van der Waals surface area contributed by atoms with Gasteiger partial charge >= 0.3 is 0 Å². The summed E-state index contributed by atoms with van der Waals surface area (Å²) in [6.07, 6.45) is 2.39. The first-order chi connectivity index (χ1) is 8.51. The van der Waals surface area contributed by atoms with Crippen LogP contribution in [0.25, 0.3) is 0 Å². The van der Waals surface area contributed by atoms with Gasteiger partial charge in [0.15, 0.2) is 5.96 Å². The van der Waals surface area contributed by atoms with E-state index in [0.717, 1.165) is 19.0 Å². The van der Waals surface area contributed by atoms with Crippen molar-refractivity contribution in [2.75, 3.05) is 13.6 Å². The van der Waals surface area contributed by atoms with Gasteiger partial charge in [-0.3, -0.25) is 4.99 Å². The number of hydrogen-bond donors (Lipinski definition) is 2. The van der Waals surface area contributed by atoms with E-state index in [4.69, 9.17) is 0 Å². The molecule has 2 N–H and O–H groups in total. The molecule has 1 heterocycles. The number of hydrogen-bond acceptors (Lipinski definition) is 2. The average Bonchev–Trinajstić information content (AvgIpc) is 2.79. The number of halogens is 1. The minimum Gasteiger partial charge on any atom is -0.356 e. The van der Waals surface area contributed by atoms with E-state index in [0.29, 0.717) is 5.41 Å².